The van der Waals surface area contributed by atoms with E-state index in [1.807, 2.05) is 27.7 Å². The van der Waals surface area contributed by atoms with Gasteiger partial charge in [0.05, 0.1) is 6.42 Å². The lowest BCUT2D eigenvalue weighted by Gasteiger charge is -2.33. The number of carbonyl (C=O) groups excluding carboxylic acids is 2. The average Bonchev–Trinajstić information content (AvgIpc) is 2.01. The second kappa shape index (κ2) is 3.95. The van der Waals surface area contributed by atoms with Crippen molar-refractivity contribution in [2.24, 2.45) is 5.92 Å². The van der Waals surface area contributed by atoms with Gasteiger partial charge in [-0.1, -0.05) is 13.8 Å². The summed E-state index contributed by atoms with van der Waals surface area (Å²) in [6, 6.07) is 0.129. The monoisotopic (exact) mass is 195 g/mol. The topological polar surface area (TPSA) is 37.4 Å². The number of allylic oxidation sites excluding steroid dienone is 2. The van der Waals surface area contributed by atoms with Crippen LogP contribution < -0.4 is 0 Å². The molecular weight excluding hydrogens is 178 g/mol. The van der Waals surface area contributed by atoms with E-state index in [0.29, 0.717) is 0 Å². The van der Waals surface area contributed by atoms with Crippen LogP contribution >= 0.6 is 0 Å². The van der Waals surface area contributed by atoms with E-state index in [9.17, 15) is 9.59 Å². The van der Waals surface area contributed by atoms with Gasteiger partial charge in [-0.15, -0.1) is 0 Å². The van der Waals surface area contributed by atoms with Gasteiger partial charge in [0.1, 0.15) is 0 Å². The normalized spacial score (nSPS) is 18.1. The smallest absolute Gasteiger partial charge is 0.234 e. The first-order valence-electron chi connectivity index (χ1n) is 5.00. The Labute approximate surface area is 84.8 Å². The Morgan fingerprint density at radius 3 is 2.21 bits per heavy atom. The van der Waals surface area contributed by atoms with E-state index in [4.69, 9.17) is 0 Å². The SMILES string of the molecule is CC(C)C1=CC(=O)CC(=O)N1C(C)C. The van der Waals surface area contributed by atoms with E-state index in [2.05, 4.69) is 0 Å². The molecule has 0 saturated carbocycles. The van der Waals surface area contributed by atoms with Gasteiger partial charge in [0.15, 0.2) is 5.78 Å². The Morgan fingerprint density at radius 2 is 1.79 bits per heavy atom. The molecule has 0 atom stereocenters. The van der Waals surface area contributed by atoms with Gasteiger partial charge in [0.25, 0.3) is 0 Å². The maximum absolute atomic E-state index is 11.6. The number of hydrogen-bond acceptors (Lipinski definition) is 2. The lowest BCUT2D eigenvalue weighted by atomic mass is 10.00. The molecule has 0 unspecified atom stereocenters. The van der Waals surface area contributed by atoms with Gasteiger partial charge in [0.2, 0.25) is 5.91 Å². The zero-order chi connectivity index (χ0) is 10.9. The molecule has 1 amide bonds. The Balaban J connectivity index is 3.05. The second-order valence-electron chi connectivity index (χ2n) is 4.22. The molecule has 3 heteroatoms. The quantitative estimate of drug-likeness (QED) is 0.629. The first-order chi connectivity index (χ1) is 6.43. The zero-order valence-electron chi connectivity index (χ0n) is 9.20. The average molecular weight is 195 g/mol. The number of rotatable bonds is 2. The molecule has 0 fully saturated rings. The van der Waals surface area contributed by atoms with Crippen molar-refractivity contribution in [3.8, 4) is 0 Å². The standard InChI is InChI=1S/C11H17NO2/c1-7(2)10-5-9(13)6-11(14)12(10)8(3)4/h5,7-8H,6H2,1-4H3. The molecule has 0 bridgehead atoms. The number of carbonyl (C=O) groups is 2. The highest BCUT2D eigenvalue weighted by atomic mass is 16.2. The molecule has 1 aliphatic rings. The van der Waals surface area contributed by atoms with Crippen molar-refractivity contribution in [3.63, 3.8) is 0 Å². The predicted octanol–water partition coefficient (Wildman–Crippen LogP) is 1.74. The number of amides is 1. The summed E-state index contributed by atoms with van der Waals surface area (Å²) in [5, 5.41) is 0. The molecule has 1 heterocycles. The highest BCUT2D eigenvalue weighted by Crippen LogP contribution is 2.23. The summed E-state index contributed by atoms with van der Waals surface area (Å²) in [7, 11) is 0. The molecule has 0 aromatic heterocycles. The fourth-order valence-corrected chi connectivity index (χ4v) is 1.69. The van der Waals surface area contributed by atoms with Crippen molar-refractivity contribution < 1.29 is 9.59 Å². The first kappa shape index (κ1) is 11.0. The van der Waals surface area contributed by atoms with Crippen LogP contribution in [0.4, 0.5) is 0 Å². The van der Waals surface area contributed by atoms with E-state index in [-0.39, 0.29) is 30.1 Å². The minimum Gasteiger partial charge on any atom is -0.313 e. The van der Waals surface area contributed by atoms with Gasteiger partial charge < -0.3 is 4.90 Å². The van der Waals surface area contributed by atoms with E-state index in [0.717, 1.165) is 5.70 Å². The number of ketones is 1. The van der Waals surface area contributed by atoms with Crippen LogP contribution in [0.25, 0.3) is 0 Å². The molecule has 1 aliphatic heterocycles. The number of nitrogens with zero attached hydrogens (tertiary/aromatic N) is 1. The van der Waals surface area contributed by atoms with Gasteiger partial charge in [-0.05, 0) is 19.8 Å². The minimum atomic E-state index is -0.0735. The molecule has 1 rings (SSSR count). The molecule has 78 valence electrons. The van der Waals surface area contributed by atoms with Crippen molar-refractivity contribution in [1.29, 1.82) is 0 Å². The largest absolute Gasteiger partial charge is 0.313 e. The van der Waals surface area contributed by atoms with Gasteiger partial charge in [0, 0.05) is 17.8 Å². The fourth-order valence-electron chi connectivity index (χ4n) is 1.69. The van der Waals surface area contributed by atoms with Crippen LogP contribution in [0.5, 0.6) is 0 Å². The lowest BCUT2D eigenvalue weighted by Crippen LogP contribution is -2.41. The molecule has 0 N–H and O–H groups in total. The molecule has 0 saturated heterocycles. The Hall–Kier alpha value is -1.12. The van der Waals surface area contributed by atoms with Crippen LogP contribution in [0.2, 0.25) is 0 Å². The predicted molar refractivity (Wildman–Crippen MR) is 54.5 cm³/mol. The maximum atomic E-state index is 11.6. The van der Waals surface area contributed by atoms with Crippen molar-refractivity contribution >= 4 is 11.7 Å². The third kappa shape index (κ3) is 2.03. The highest BCUT2D eigenvalue weighted by Gasteiger charge is 2.29. The van der Waals surface area contributed by atoms with Crippen molar-refractivity contribution in [2.45, 2.75) is 40.2 Å². The summed E-state index contributed by atoms with van der Waals surface area (Å²) in [6.07, 6.45) is 1.63. The van der Waals surface area contributed by atoms with Crippen LogP contribution in [0.3, 0.4) is 0 Å². The van der Waals surface area contributed by atoms with Gasteiger partial charge >= 0.3 is 0 Å². The van der Waals surface area contributed by atoms with Crippen LogP contribution in [-0.4, -0.2) is 22.6 Å². The minimum absolute atomic E-state index is 0.0222. The van der Waals surface area contributed by atoms with Crippen LogP contribution in [0.1, 0.15) is 34.1 Å². The summed E-state index contributed by atoms with van der Waals surface area (Å²) in [5.41, 5.74) is 0.848. The van der Waals surface area contributed by atoms with E-state index in [1.165, 1.54) is 0 Å². The van der Waals surface area contributed by atoms with Crippen LogP contribution in [-0.2, 0) is 9.59 Å². The first-order valence-corrected chi connectivity index (χ1v) is 5.00. The van der Waals surface area contributed by atoms with Gasteiger partial charge in [-0.3, -0.25) is 9.59 Å². The molecule has 3 nitrogen and oxygen atoms in total. The molecular formula is C11H17NO2. The third-order valence-electron chi connectivity index (χ3n) is 2.29. The van der Waals surface area contributed by atoms with Crippen molar-refractivity contribution in [2.75, 3.05) is 0 Å². The van der Waals surface area contributed by atoms with Crippen molar-refractivity contribution in [3.05, 3.63) is 11.8 Å². The van der Waals surface area contributed by atoms with E-state index >= 15 is 0 Å². The van der Waals surface area contributed by atoms with Crippen LogP contribution in [0, 0.1) is 5.92 Å². The summed E-state index contributed by atoms with van der Waals surface area (Å²) >= 11 is 0. The molecule has 0 aromatic carbocycles. The van der Waals surface area contributed by atoms with Crippen LogP contribution in [0.15, 0.2) is 11.8 Å². The molecule has 0 radical (unpaired) electrons. The zero-order valence-corrected chi connectivity index (χ0v) is 9.20. The molecule has 0 spiro atoms. The highest BCUT2D eigenvalue weighted by molar-refractivity contribution is 6.07. The third-order valence-corrected chi connectivity index (χ3v) is 2.29. The fraction of sp³-hybridized carbons (Fsp3) is 0.636. The maximum Gasteiger partial charge on any atom is 0.234 e. The molecule has 0 aliphatic carbocycles. The van der Waals surface area contributed by atoms with Gasteiger partial charge in [-0.2, -0.15) is 0 Å². The second-order valence-corrected chi connectivity index (χ2v) is 4.22. The number of hydrogen-bond donors (Lipinski definition) is 0. The Kier molecular flexibility index (Phi) is 3.09. The molecule has 0 aromatic rings. The lowest BCUT2D eigenvalue weighted by molar-refractivity contribution is -0.135. The van der Waals surface area contributed by atoms with Gasteiger partial charge in [-0.25, -0.2) is 0 Å². The van der Waals surface area contributed by atoms with E-state index in [1.54, 1.807) is 11.0 Å². The Bertz CT molecular complexity index is 290. The summed E-state index contributed by atoms with van der Waals surface area (Å²) in [6.45, 7) is 7.91. The summed E-state index contributed by atoms with van der Waals surface area (Å²) in [5.74, 6) is 0.0670. The van der Waals surface area contributed by atoms with Crippen molar-refractivity contribution in [1.82, 2.24) is 4.90 Å². The molecule has 14 heavy (non-hydrogen) atoms. The summed E-state index contributed by atoms with van der Waals surface area (Å²) < 4.78 is 0. The summed E-state index contributed by atoms with van der Waals surface area (Å²) in [4.78, 5) is 24.6. The Morgan fingerprint density at radius 1 is 1.21 bits per heavy atom. The van der Waals surface area contributed by atoms with E-state index < -0.39 is 0 Å².